The number of hydrogen-bond donors (Lipinski definition) is 0. The van der Waals surface area contributed by atoms with Gasteiger partial charge in [-0.2, -0.15) is 20.4 Å². The van der Waals surface area contributed by atoms with Crippen LogP contribution >= 0.6 is 20.4 Å². The number of amides is 3. The minimum atomic E-state index is -1.36. The first-order chi connectivity index (χ1) is 7.31. The highest BCUT2D eigenvalue weighted by Gasteiger charge is 2.56. The minimum absolute atomic E-state index is 0.0626. The van der Waals surface area contributed by atoms with Crippen molar-refractivity contribution < 1.29 is 9.59 Å². The topological polar surface area (TPSA) is 40.6 Å². The van der Waals surface area contributed by atoms with E-state index in [4.69, 9.17) is 0 Å². The van der Waals surface area contributed by atoms with Crippen molar-refractivity contribution in [3.05, 3.63) is 0 Å². The predicted octanol–water partition coefficient (Wildman–Crippen LogP) is 2.25. The summed E-state index contributed by atoms with van der Waals surface area (Å²) in [5.41, 5.74) is -0.717. The molecular weight excluding hydrogens is 256 g/mol. The number of hydrogen-bond acceptors (Lipinski definition) is 2. The Balaban J connectivity index is 3.31. The first-order valence-corrected chi connectivity index (χ1v) is 11.0. The molecule has 0 bridgehead atoms. The van der Waals surface area contributed by atoms with Gasteiger partial charge in [0.2, 0.25) is 0 Å². The van der Waals surface area contributed by atoms with Gasteiger partial charge >= 0.3 is 6.03 Å². The van der Waals surface area contributed by atoms with Crippen molar-refractivity contribution in [2.45, 2.75) is 19.4 Å². The van der Waals surface area contributed by atoms with Crippen molar-refractivity contribution in [1.29, 1.82) is 0 Å². The van der Waals surface area contributed by atoms with Gasteiger partial charge in [-0.3, -0.25) is 9.10 Å². The molecule has 1 aliphatic rings. The van der Waals surface area contributed by atoms with E-state index in [1.807, 2.05) is 51.4 Å². The Morgan fingerprint density at radius 2 is 1.29 bits per heavy atom. The van der Waals surface area contributed by atoms with Gasteiger partial charge in [-0.15, -0.1) is 0 Å². The summed E-state index contributed by atoms with van der Waals surface area (Å²) in [6, 6.07) is -0.120. The Labute approximate surface area is 108 Å². The molecule has 0 aromatic carbocycles. The maximum Gasteiger partial charge on any atom is 0.345 e. The molecule has 3 amide bonds. The van der Waals surface area contributed by atoms with Gasteiger partial charge in [-0.25, -0.2) is 9.10 Å². The summed E-state index contributed by atoms with van der Waals surface area (Å²) in [6.45, 7) is 3.69. The quantitative estimate of drug-likeness (QED) is 0.728. The van der Waals surface area contributed by atoms with E-state index >= 15 is 0 Å². The summed E-state index contributed by atoms with van der Waals surface area (Å²) in [6.07, 6.45) is 12.0. The van der Waals surface area contributed by atoms with Gasteiger partial charge < -0.3 is 0 Å². The molecule has 0 aromatic rings. The molecule has 1 aliphatic heterocycles. The molecule has 0 radical (unpaired) electrons. The molecule has 0 aliphatic carbocycles. The highest BCUT2D eigenvalue weighted by Crippen LogP contribution is 2.55. The summed E-state index contributed by atoms with van der Waals surface area (Å²) < 4.78 is 3.26. The van der Waals surface area contributed by atoms with E-state index in [1.54, 1.807) is 4.31 Å². The third kappa shape index (κ3) is 2.29. The fraction of sp³-hybridized carbons (Fsp3) is 0.818. The van der Waals surface area contributed by atoms with E-state index in [0.29, 0.717) is 0 Å². The molecule has 1 fully saturated rings. The summed E-state index contributed by atoms with van der Waals surface area (Å²) >= 11 is 0. The number of nitrogens with zero attached hydrogens (tertiary/aromatic N) is 2. The Morgan fingerprint density at radius 3 is 1.47 bits per heavy atom. The zero-order valence-corrected chi connectivity index (χ0v) is 13.7. The molecule has 6 heteroatoms. The molecule has 1 rings (SSSR count). The molecule has 0 unspecified atom stereocenters. The Bertz CT molecular complexity index is 367. The van der Waals surface area contributed by atoms with E-state index in [1.165, 1.54) is 4.31 Å². The van der Waals surface area contributed by atoms with Gasteiger partial charge in [-0.1, -0.05) is 0 Å². The second-order valence-electron chi connectivity index (χ2n) is 6.28. The fourth-order valence-electron chi connectivity index (χ4n) is 2.15. The van der Waals surface area contributed by atoms with Gasteiger partial charge in [0.05, 0.1) is 0 Å². The smallest absolute Gasteiger partial charge is 0.271 e. The van der Waals surface area contributed by atoms with Gasteiger partial charge in [-0.05, 0) is 51.4 Å². The van der Waals surface area contributed by atoms with Crippen molar-refractivity contribution in [2.75, 3.05) is 37.5 Å². The standard InChI is InChI=1S/C11H24N2O2S2/c1-11(2)9(14)12(16(3,4)5)10(15)13(11)17(6,7)8/h1-8H3. The third-order valence-corrected chi connectivity index (χ3v) is 5.78. The highest BCUT2D eigenvalue weighted by atomic mass is 32.3. The average Bonchev–Trinajstić information content (AvgIpc) is 2.13. The monoisotopic (exact) mass is 280 g/mol. The maximum atomic E-state index is 12.5. The van der Waals surface area contributed by atoms with Crippen LogP contribution in [0, 0.1) is 0 Å². The Hall–Kier alpha value is -0.360. The van der Waals surface area contributed by atoms with Crippen LogP contribution in [0.1, 0.15) is 13.8 Å². The molecule has 102 valence electrons. The van der Waals surface area contributed by atoms with Crippen LogP contribution < -0.4 is 0 Å². The summed E-state index contributed by atoms with van der Waals surface area (Å²) in [5.74, 6) is -0.0626. The van der Waals surface area contributed by atoms with Crippen LogP contribution in [0.2, 0.25) is 0 Å². The second kappa shape index (κ2) is 3.82. The molecule has 4 nitrogen and oxygen atoms in total. The highest BCUT2D eigenvalue weighted by molar-refractivity contribution is 8.32. The van der Waals surface area contributed by atoms with E-state index < -0.39 is 26.0 Å². The van der Waals surface area contributed by atoms with Gasteiger partial charge in [0.25, 0.3) is 5.91 Å². The Kier molecular flexibility index (Phi) is 3.30. The lowest BCUT2D eigenvalue weighted by molar-refractivity contribution is -0.127. The molecule has 1 saturated heterocycles. The van der Waals surface area contributed by atoms with Crippen LogP contribution in [0.25, 0.3) is 0 Å². The molecule has 0 aromatic heterocycles. The lowest BCUT2D eigenvalue weighted by atomic mass is 10.1. The minimum Gasteiger partial charge on any atom is -0.271 e. The molecule has 1 heterocycles. The molecular formula is C11H24N2O2S2. The molecule has 0 N–H and O–H groups in total. The summed E-state index contributed by atoms with van der Waals surface area (Å²) in [5, 5.41) is 0. The van der Waals surface area contributed by atoms with E-state index in [2.05, 4.69) is 0 Å². The molecule has 0 spiro atoms. The summed E-state index contributed by atoms with van der Waals surface area (Å²) in [4.78, 5) is 24.9. The molecule has 17 heavy (non-hydrogen) atoms. The normalized spacial score (nSPS) is 23.3. The lowest BCUT2D eigenvalue weighted by Gasteiger charge is -2.43. The lowest BCUT2D eigenvalue weighted by Crippen LogP contribution is -2.44. The Morgan fingerprint density at radius 1 is 0.882 bits per heavy atom. The zero-order chi connectivity index (χ0) is 13.8. The SMILES string of the molecule is CC1(C)C(=O)N(S(C)(C)C)C(=O)N1S(C)(C)C. The largest absolute Gasteiger partial charge is 0.345 e. The summed E-state index contributed by atoms with van der Waals surface area (Å²) in [7, 11) is -2.61. The predicted molar refractivity (Wildman–Crippen MR) is 78.9 cm³/mol. The molecule has 0 atom stereocenters. The van der Waals surface area contributed by atoms with Gasteiger partial charge in [0, 0.05) is 0 Å². The third-order valence-electron chi connectivity index (χ3n) is 2.66. The van der Waals surface area contributed by atoms with Gasteiger partial charge in [0.15, 0.2) is 0 Å². The number of urea groups is 1. The van der Waals surface area contributed by atoms with Crippen LogP contribution in [0.4, 0.5) is 4.79 Å². The average molecular weight is 280 g/mol. The van der Waals surface area contributed by atoms with Crippen LogP contribution in [-0.2, 0) is 4.79 Å². The maximum absolute atomic E-state index is 12.5. The van der Waals surface area contributed by atoms with Crippen molar-refractivity contribution in [1.82, 2.24) is 8.61 Å². The van der Waals surface area contributed by atoms with E-state index in [0.717, 1.165) is 0 Å². The van der Waals surface area contributed by atoms with E-state index in [-0.39, 0.29) is 11.9 Å². The van der Waals surface area contributed by atoms with Crippen LogP contribution in [0.5, 0.6) is 0 Å². The number of imide groups is 1. The first kappa shape index (κ1) is 14.7. The van der Waals surface area contributed by atoms with Crippen molar-refractivity contribution >= 4 is 32.4 Å². The number of carbonyl (C=O) groups excluding carboxylic acids is 2. The van der Waals surface area contributed by atoms with E-state index in [9.17, 15) is 9.59 Å². The van der Waals surface area contributed by atoms with Crippen molar-refractivity contribution in [2.24, 2.45) is 0 Å². The number of rotatable bonds is 2. The zero-order valence-electron chi connectivity index (χ0n) is 12.0. The van der Waals surface area contributed by atoms with Crippen LogP contribution in [0.3, 0.4) is 0 Å². The second-order valence-corrected chi connectivity index (χ2v) is 14.1. The number of carbonyl (C=O) groups is 2. The first-order valence-electron chi connectivity index (χ1n) is 5.37. The van der Waals surface area contributed by atoms with Gasteiger partial charge in [0.1, 0.15) is 5.54 Å². The fourth-order valence-corrected chi connectivity index (χ4v) is 5.47. The van der Waals surface area contributed by atoms with Crippen molar-refractivity contribution in [3.63, 3.8) is 0 Å². The van der Waals surface area contributed by atoms with Crippen LogP contribution in [0.15, 0.2) is 0 Å². The molecule has 0 saturated carbocycles. The van der Waals surface area contributed by atoms with Crippen molar-refractivity contribution in [3.8, 4) is 0 Å². The van der Waals surface area contributed by atoms with Crippen LogP contribution in [-0.4, -0.2) is 63.6 Å².